The zero-order chi connectivity index (χ0) is 19.8. The second-order valence-corrected chi connectivity index (χ2v) is 7.35. The van der Waals surface area contributed by atoms with Gasteiger partial charge in [0.1, 0.15) is 5.75 Å². The second-order valence-electron chi connectivity index (χ2n) is 7.35. The molecule has 5 nitrogen and oxygen atoms in total. The van der Waals surface area contributed by atoms with E-state index in [1.807, 2.05) is 42.5 Å². The molecule has 1 saturated heterocycles. The number of rotatable bonds is 7. The Labute approximate surface area is 166 Å². The van der Waals surface area contributed by atoms with E-state index in [0.29, 0.717) is 12.3 Å². The molecule has 0 saturated carbocycles. The number of hydrogen-bond donors (Lipinski definition) is 1. The highest BCUT2D eigenvalue weighted by atomic mass is 16.5. The highest BCUT2D eigenvalue weighted by molar-refractivity contribution is 5.90. The molecule has 1 aliphatic heterocycles. The number of ether oxygens (including phenoxy) is 1. The molecule has 0 aliphatic carbocycles. The van der Waals surface area contributed by atoms with Gasteiger partial charge in [0.25, 0.3) is 0 Å². The molecule has 0 radical (unpaired) electrons. The van der Waals surface area contributed by atoms with Crippen LogP contribution in [0, 0.1) is 17.2 Å². The van der Waals surface area contributed by atoms with E-state index in [0.717, 1.165) is 55.9 Å². The smallest absolute Gasteiger partial charge is 0.224 e. The molecule has 0 spiro atoms. The maximum Gasteiger partial charge on any atom is 0.224 e. The van der Waals surface area contributed by atoms with Gasteiger partial charge >= 0.3 is 0 Å². The van der Waals surface area contributed by atoms with Crippen molar-refractivity contribution in [2.45, 2.75) is 32.2 Å². The Morgan fingerprint density at radius 2 is 2.00 bits per heavy atom. The number of hydrogen-bond acceptors (Lipinski definition) is 4. The summed E-state index contributed by atoms with van der Waals surface area (Å²) in [6, 6.07) is 17.5. The molecule has 5 heteroatoms. The van der Waals surface area contributed by atoms with E-state index in [1.54, 1.807) is 7.11 Å². The molecule has 0 aromatic heterocycles. The quantitative estimate of drug-likeness (QED) is 0.785. The summed E-state index contributed by atoms with van der Waals surface area (Å²) in [6.45, 7) is 2.97. The van der Waals surface area contributed by atoms with Crippen LogP contribution in [0.25, 0.3) is 0 Å². The third-order valence-electron chi connectivity index (χ3n) is 5.30. The van der Waals surface area contributed by atoms with Crippen molar-refractivity contribution in [3.63, 3.8) is 0 Å². The summed E-state index contributed by atoms with van der Waals surface area (Å²) in [5.41, 5.74) is 2.68. The summed E-state index contributed by atoms with van der Waals surface area (Å²) in [5, 5.41) is 12.0. The lowest BCUT2D eigenvalue weighted by Gasteiger charge is -2.32. The fraction of sp³-hybridized carbons (Fsp3) is 0.391. The van der Waals surface area contributed by atoms with Crippen LogP contribution in [-0.4, -0.2) is 31.0 Å². The van der Waals surface area contributed by atoms with E-state index >= 15 is 0 Å². The standard InChI is InChI=1S/C23H27N3O2/c1-28-22-7-3-6-21(15-22)25-23(27)9-8-18-10-12-26(13-11-18)17-20-5-2-4-19(14-20)16-24/h2-7,14-15,18H,8-13,17H2,1H3,(H,25,27). The molecule has 2 aromatic carbocycles. The van der Waals surface area contributed by atoms with E-state index < -0.39 is 0 Å². The number of carbonyl (C=O) groups is 1. The first-order chi connectivity index (χ1) is 13.7. The van der Waals surface area contributed by atoms with Crippen molar-refractivity contribution in [2.75, 3.05) is 25.5 Å². The maximum absolute atomic E-state index is 12.2. The van der Waals surface area contributed by atoms with Gasteiger partial charge in [-0.1, -0.05) is 18.2 Å². The molecule has 1 N–H and O–H groups in total. The highest BCUT2D eigenvalue weighted by Gasteiger charge is 2.20. The van der Waals surface area contributed by atoms with Crippen LogP contribution >= 0.6 is 0 Å². The number of nitrogens with zero attached hydrogens (tertiary/aromatic N) is 2. The topological polar surface area (TPSA) is 65.4 Å². The van der Waals surface area contributed by atoms with Crippen molar-refractivity contribution in [3.05, 3.63) is 59.7 Å². The van der Waals surface area contributed by atoms with Crippen LogP contribution in [-0.2, 0) is 11.3 Å². The van der Waals surface area contributed by atoms with Gasteiger partial charge < -0.3 is 10.1 Å². The van der Waals surface area contributed by atoms with Crippen molar-refractivity contribution in [3.8, 4) is 11.8 Å². The maximum atomic E-state index is 12.2. The molecular formula is C23H27N3O2. The number of piperidine rings is 1. The van der Waals surface area contributed by atoms with Gasteiger partial charge in [-0.3, -0.25) is 9.69 Å². The summed E-state index contributed by atoms with van der Waals surface area (Å²) in [4.78, 5) is 14.7. The lowest BCUT2D eigenvalue weighted by Crippen LogP contribution is -2.33. The summed E-state index contributed by atoms with van der Waals surface area (Å²) >= 11 is 0. The lowest BCUT2D eigenvalue weighted by molar-refractivity contribution is -0.116. The van der Waals surface area contributed by atoms with E-state index in [1.165, 1.54) is 5.56 Å². The van der Waals surface area contributed by atoms with Gasteiger partial charge in [0.2, 0.25) is 5.91 Å². The van der Waals surface area contributed by atoms with Gasteiger partial charge in [0.15, 0.2) is 0 Å². The van der Waals surface area contributed by atoms with Gasteiger partial charge in [-0.05, 0) is 68.1 Å². The fourth-order valence-corrected chi connectivity index (χ4v) is 3.69. The molecule has 0 bridgehead atoms. The van der Waals surface area contributed by atoms with E-state index in [-0.39, 0.29) is 5.91 Å². The Hall–Kier alpha value is -2.84. The Balaban J connectivity index is 1.39. The van der Waals surface area contributed by atoms with Gasteiger partial charge in [-0.2, -0.15) is 5.26 Å². The van der Waals surface area contributed by atoms with Crippen LogP contribution in [0.15, 0.2) is 48.5 Å². The monoisotopic (exact) mass is 377 g/mol. The average Bonchev–Trinajstić information content (AvgIpc) is 2.73. The second kappa shape index (κ2) is 9.91. The Morgan fingerprint density at radius 3 is 2.75 bits per heavy atom. The van der Waals surface area contributed by atoms with Crippen molar-refractivity contribution in [1.29, 1.82) is 5.26 Å². The van der Waals surface area contributed by atoms with Crippen molar-refractivity contribution < 1.29 is 9.53 Å². The van der Waals surface area contributed by atoms with Gasteiger partial charge in [-0.25, -0.2) is 0 Å². The lowest BCUT2D eigenvalue weighted by atomic mass is 9.91. The molecule has 146 valence electrons. The predicted octanol–water partition coefficient (Wildman–Crippen LogP) is 4.20. The average molecular weight is 377 g/mol. The summed E-state index contributed by atoms with van der Waals surface area (Å²) in [7, 11) is 1.62. The van der Waals surface area contributed by atoms with Gasteiger partial charge in [-0.15, -0.1) is 0 Å². The molecule has 3 rings (SSSR count). The fourth-order valence-electron chi connectivity index (χ4n) is 3.69. The zero-order valence-electron chi connectivity index (χ0n) is 16.4. The number of nitrogens with one attached hydrogen (secondary N) is 1. The van der Waals surface area contributed by atoms with Gasteiger partial charge in [0.05, 0.1) is 18.7 Å². The van der Waals surface area contributed by atoms with Crippen molar-refractivity contribution >= 4 is 11.6 Å². The zero-order valence-corrected chi connectivity index (χ0v) is 16.4. The molecule has 1 heterocycles. The van der Waals surface area contributed by atoms with E-state index in [9.17, 15) is 4.79 Å². The van der Waals surface area contributed by atoms with Crippen LogP contribution in [0.4, 0.5) is 5.69 Å². The molecule has 1 amide bonds. The molecule has 0 unspecified atom stereocenters. The molecule has 2 aromatic rings. The summed E-state index contributed by atoms with van der Waals surface area (Å²) in [6.07, 6.45) is 3.70. The third-order valence-corrected chi connectivity index (χ3v) is 5.30. The number of anilines is 1. The van der Waals surface area contributed by atoms with E-state index in [2.05, 4.69) is 22.4 Å². The molecule has 28 heavy (non-hydrogen) atoms. The third kappa shape index (κ3) is 5.83. The predicted molar refractivity (Wildman–Crippen MR) is 110 cm³/mol. The Bertz CT molecular complexity index is 836. The number of nitriles is 1. The van der Waals surface area contributed by atoms with Crippen LogP contribution < -0.4 is 10.1 Å². The first-order valence-electron chi connectivity index (χ1n) is 9.81. The molecular weight excluding hydrogens is 350 g/mol. The molecule has 1 fully saturated rings. The number of benzene rings is 2. The van der Waals surface area contributed by atoms with Crippen molar-refractivity contribution in [1.82, 2.24) is 4.90 Å². The summed E-state index contributed by atoms with van der Waals surface area (Å²) in [5.74, 6) is 1.40. The Morgan fingerprint density at radius 1 is 1.21 bits per heavy atom. The van der Waals surface area contributed by atoms with Crippen molar-refractivity contribution in [2.24, 2.45) is 5.92 Å². The van der Waals surface area contributed by atoms with Gasteiger partial charge in [0, 0.05) is 24.7 Å². The van der Waals surface area contributed by atoms with Crippen LogP contribution in [0.5, 0.6) is 5.75 Å². The number of carbonyl (C=O) groups excluding carboxylic acids is 1. The highest BCUT2D eigenvalue weighted by Crippen LogP contribution is 2.24. The van der Waals surface area contributed by atoms with Crippen LogP contribution in [0.3, 0.4) is 0 Å². The SMILES string of the molecule is COc1cccc(NC(=O)CCC2CCN(Cc3cccc(C#N)c3)CC2)c1. The van der Waals surface area contributed by atoms with Crippen LogP contribution in [0.2, 0.25) is 0 Å². The minimum Gasteiger partial charge on any atom is -0.497 e. The minimum absolute atomic E-state index is 0.0593. The Kier molecular flexibility index (Phi) is 7.05. The minimum atomic E-state index is 0.0593. The largest absolute Gasteiger partial charge is 0.497 e. The number of methoxy groups -OCH3 is 1. The first-order valence-corrected chi connectivity index (χ1v) is 9.81. The molecule has 0 atom stereocenters. The number of likely N-dealkylation sites (tertiary alicyclic amines) is 1. The summed E-state index contributed by atoms with van der Waals surface area (Å²) < 4.78 is 5.19. The normalized spacial score (nSPS) is 15.0. The first kappa shape index (κ1) is 19.9. The van der Waals surface area contributed by atoms with E-state index in [4.69, 9.17) is 10.00 Å². The van der Waals surface area contributed by atoms with Crippen LogP contribution in [0.1, 0.15) is 36.8 Å². The number of amides is 1. The molecule has 1 aliphatic rings.